The van der Waals surface area contributed by atoms with Gasteiger partial charge in [0, 0.05) is 44.5 Å². The van der Waals surface area contributed by atoms with Gasteiger partial charge in [-0.1, -0.05) is 0 Å². The van der Waals surface area contributed by atoms with E-state index in [0.29, 0.717) is 0 Å². The predicted molar refractivity (Wildman–Crippen MR) is 79.7 cm³/mol. The third-order valence-corrected chi connectivity index (χ3v) is 3.53. The second-order valence-corrected chi connectivity index (χ2v) is 5.91. The van der Waals surface area contributed by atoms with Crippen LogP contribution in [-0.4, -0.2) is 53.1 Å². The van der Waals surface area contributed by atoms with Crippen molar-refractivity contribution in [3.63, 3.8) is 0 Å². The first kappa shape index (κ1) is 14.1. The predicted octanol–water partition coefficient (Wildman–Crippen LogP) is 1.83. The van der Waals surface area contributed by atoms with Crippen LogP contribution in [0.1, 0.15) is 27.7 Å². The standard InChI is InChI=1S/C14H25N5/c1-5-15-13-16-7-6-12(17-13)18-8-10-19(11-9-18)14(2,3)4/h6-7H,5,8-11H2,1-4H3,(H,15,16,17). The third-order valence-electron chi connectivity index (χ3n) is 3.53. The van der Waals surface area contributed by atoms with Crippen LogP contribution in [0.3, 0.4) is 0 Å². The Hall–Kier alpha value is -1.36. The van der Waals surface area contributed by atoms with Gasteiger partial charge < -0.3 is 10.2 Å². The van der Waals surface area contributed by atoms with Crippen LogP contribution in [0.25, 0.3) is 0 Å². The van der Waals surface area contributed by atoms with E-state index < -0.39 is 0 Å². The van der Waals surface area contributed by atoms with E-state index >= 15 is 0 Å². The average Bonchev–Trinajstić information content (AvgIpc) is 2.39. The Morgan fingerprint density at radius 2 is 1.89 bits per heavy atom. The molecule has 0 aromatic carbocycles. The van der Waals surface area contributed by atoms with Crippen LogP contribution in [0, 0.1) is 0 Å². The Bertz CT molecular complexity index is 405. The van der Waals surface area contributed by atoms with E-state index in [2.05, 4.69) is 52.8 Å². The summed E-state index contributed by atoms with van der Waals surface area (Å²) in [6.45, 7) is 14.0. The lowest BCUT2D eigenvalue weighted by Gasteiger charge is -2.42. The lowest BCUT2D eigenvalue weighted by atomic mass is 10.1. The van der Waals surface area contributed by atoms with Crippen molar-refractivity contribution in [2.75, 3.05) is 42.9 Å². The van der Waals surface area contributed by atoms with Gasteiger partial charge in [0.25, 0.3) is 0 Å². The molecule has 0 aliphatic carbocycles. The maximum Gasteiger partial charge on any atom is 0.224 e. The summed E-state index contributed by atoms with van der Waals surface area (Å²) in [6.07, 6.45) is 1.83. The molecule has 1 aromatic heterocycles. The molecule has 0 saturated carbocycles. The number of nitrogens with one attached hydrogen (secondary N) is 1. The maximum absolute atomic E-state index is 4.56. The lowest BCUT2D eigenvalue weighted by Crippen LogP contribution is -2.53. The molecule has 1 aromatic rings. The second kappa shape index (κ2) is 5.74. The van der Waals surface area contributed by atoms with Crippen molar-refractivity contribution in [2.45, 2.75) is 33.2 Å². The summed E-state index contributed by atoms with van der Waals surface area (Å²) in [5, 5.41) is 3.16. The molecule has 5 heteroatoms. The number of piperazine rings is 1. The van der Waals surface area contributed by atoms with E-state index in [4.69, 9.17) is 0 Å². The first-order valence-corrected chi connectivity index (χ1v) is 7.07. The Kier molecular flexibility index (Phi) is 4.24. The van der Waals surface area contributed by atoms with E-state index in [1.807, 2.05) is 12.3 Å². The summed E-state index contributed by atoms with van der Waals surface area (Å²) < 4.78 is 0. The molecule has 0 amide bonds. The van der Waals surface area contributed by atoms with Gasteiger partial charge in [-0.25, -0.2) is 4.98 Å². The number of anilines is 2. The van der Waals surface area contributed by atoms with Crippen molar-refractivity contribution in [3.05, 3.63) is 12.3 Å². The van der Waals surface area contributed by atoms with Crippen molar-refractivity contribution in [1.82, 2.24) is 14.9 Å². The van der Waals surface area contributed by atoms with Crippen LogP contribution >= 0.6 is 0 Å². The number of hydrogen-bond donors (Lipinski definition) is 1. The molecule has 1 saturated heterocycles. The van der Waals surface area contributed by atoms with Crippen molar-refractivity contribution < 1.29 is 0 Å². The molecule has 2 heterocycles. The zero-order chi connectivity index (χ0) is 13.9. The monoisotopic (exact) mass is 263 g/mol. The summed E-state index contributed by atoms with van der Waals surface area (Å²) in [7, 11) is 0. The van der Waals surface area contributed by atoms with E-state index in [-0.39, 0.29) is 5.54 Å². The minimum atomic E-state index is 0.257. The summed E-state index contributed by atoms with van der Waals surface area (Å²) >= 11 is 0. The van der Waals surface area contributed by atoms with E-state index in [1.165, 1.54) is 0 Å². The summed E-state index contributed by atoms with van der Waals surface area (Å²) in [6, 6.07) is 1.99. The quantitative estimate of drug-likeness (QED) is 0.901. The number of hydrogen-bond acceptors (Lipinski definition) is 5. The highest BCUT2D eigenvalue weighted by Gasteiger charge is 2.26. The van der Waals surface area contributed by atoms with Gasteiger partial charge in [0.15, 0.2) is 0 Å². The van der Waals surface area contributed by atoms with E-state index in [0.717, 1.165) is 44.5 Å². The molecule has 1 aliphatic rings. The van der Waals surface area contributed by atoms with Gasteiger partial charge in [-0.2, -0.15) is 4.98 Å². The smallest absolute Gasteiger partial charge is 0.224 e. The largest absolute Gasteiger partial charge is 0.354 e. The van der Waals surface area contributed by atoms with Crippen molar-refractivity contribution in [3.8, 4) is 0 Å². The van der Waals surface area contributed by atoms with Gasteiger partial charge in [-0.15, -0.1) is 0 Å². The summed E-state index contributed by atoms with van der Waals surface area (Å²) in [5.41, 5.74) is 0.257. The topological polar surface area (TPSA) is 44.3 Å². The molecule has 1 fully saturated rings. The normalized spacial score (nSPS) is 17.6. The fourth-order valence-electron chi connectivity index (χ4n) is 2.37. The maximum atomic E-state index is 4.56. The minimum Gasteiger partial charge on any atom is -0.354 e. The lowest BCUT2D eigenvalue weighted by molar-refractivity contribution is 0.128. The molecule has 0 radical (unpaired) electrons. The van der Waals surface area contributed by atoms with Gasteiger partial charge in [0.05, 0.1) is 0 Å². The number of aromatic nitrogens is 2. The number of rotatable bonds is 3. The average molecular weight is 263 g/mol. The molecule has 106 valence electrons. The highest BCUT2D eigenvalue weighted by atomic mass is 15.3. The Morgan fingerprint density at radius 3 is 2.47 bits per heavy atom. The molecule has 0 atom stereocenters. The molecule has 1 aliphatic heterocycles. The highest BCUT2D eigenvalue weighted by molar-refractivity contribution is 5.42. The molecule has 1 N–H and O–H groups in total. The van der Waals surface area contributed by atoms with Crippen molar-refractivity contribution in [1.29, 1.82) is 0 Å². The fraction of sp³-hybridized carbons (Fsp3) is 0.714. The van der Waals surface area contributed by atoms with Gasteiger partial charge in [0.1, 0.15) is 5.82 Å². The van der Waals surface area contributed by atoms with Crippen molar-refractivity contribution in [2.24, 2.45) is 0 Å². The first-order chi connectivity index (χ1) is 9.00. The van der Waals surface area contributed by atoms with Crippen molar-refractivity contribution >= 4 is 11.8 Å². The molecular formula is C14H25N5. The van der Waals surface area contributed by atoms with Crippen LogP contribution in [0.5, 0.6) is 0 Å². The van der Waals surface area contributed by atoms with E-state index in [9.17, 15) is 0 Å². The third kappa shape index (κ3) is 3.56. The minimum absolute atomic E-state index is 0.257. The molecule has 0 unspecified atom stereocenters. The Labute approximate surface area is 116 Å². The van der Waals surface area contributed by atoms with Crippen LogP contribution in [0.2, 0.25) is 0 Å². The highest BCUT2D eigenvalue weighted by Crippen LogP contribution is 2.19. The van der Waals surface area contributed by atoms with Gasteiger partial charge in [-0.3, -0.25) is 4.90 Å². The number of nitrogens with zero attached hydrogens (tertiary/aromatic N) is 4. The zero-order valence-electron chi connectivity index (χ0n) is 12.5. The molecular weight excluding hydrogens is 238 g/mol. The SMILES string of the molecule is CCNc1nccc(N2CCN(C(C)(C)C)CC2)n1. The van der Waals surface area contributed by atoms with Crippen LogP contribution in [0.15, 0.2) is 12.3 Å². The zero-order valence-corrected chi connectivity index (χ0v) is 12.5. The summed E-state index contributed by atoms with van der Waals surface area (Å²) in [5.74, 6) is 1.75. The van der Waals surface area contributed by atoms with Gasteiger partial charge in [0.2, 0.25) is 5.95 Å². The van der Waals surface area contributed by atoms with Gasteiger partial charge in [-0.05, 0) is 33.8 Å². The van der Waals surface area contributed by atoms with Crippen LogP contribution in [0.4, 0.5) is 11.8 Å². The molecule has 0 spiro atoms. The molecule has 0 bridgehead atoms. The fourth-order valence-corrected chi connectivity index (χ4v) is 2.37. The van der Waals surface area contributed by atoms with Crippen LogP contribution in [-0.2, 0) is 0 Å². The Balaban J connectivity index is 1.99. The molecule has 5 nitrogen and oxygen atoms in total. The molecule has 2 rings (SSSR count). The first-order valence-electron chi connectivity index (χ1n) is 7.07. The van der Waals surface area contributed by atoms with E-state index in [1.54, 1.807) is 0 Å². The second-order valence-electron chi connectivity index (χ2n) is 5.91. The van der Waals surface area contributed by atoms with Crippen LogP contribution < -0.4 is 10.2 Å². The Morgan fingerprint density at radius 1 is 1.21 bits per heavy atom. The van der Waals surface area contributed by atoms with Gasteiger partial charge >= 0.3 is 0 Å². The molecule has 19 heavy (non-hydrogen) atoms. The summed E-state index contributed by atoms with van der Waals surface area (Å²) in [4.78, 5) is 13.6.